The van der Waals surface area contributed by atoms with Gasteiger partial charge in [-0.1, -0.05) is 23.7 Å². The Labute approximate surface area is 191 Å². The van der Waals surface area contributed by atoms with E-state index in [-0.39, 0.29) is 30.7 Å². The smallest absolute Gasteiger partial charge is 0.307 e. The second-order valence-corrected chi connectivity index (χ2v) is 9.63. The van der Waals surface area contributed by atoms with Gasteiger partial charge in [0.1, 0.15) is 5.78 Å². The molecule has 0 spiro atoms. The van der Waals surface area contributed by atoms with Gasteiger partial charge in [0.25, 0.3) is 0 Å². The van der Waals surface area contributed by atoms with Crippen LogP contribution in [0.2, 0.25) is 5.02 Å². The molecule has 8 heteroatoms. The lowest BCUT2D eigenvalue weighted by molar-refractivity contribution is -0.147. The number of nitrogens with zero attached hydrogens (tertiary/aromatic N) is 1. The zero-order valence-electron chi connectivity index (χ0n) is 17.8. The van der Waals surface area contributed by atoms with Crippen LogP contribution in [-0.4, -0.2) is 41.8 Å². The standard InChI is InChI=1S/C23H27ClN2O4S/c1-14(2)30-21(28)8-10-26-9-7-18-20(13-26)31-19(22(18)23(25)29)12-17(27)11-15-3-5-16(24)6-4-15/h3-6,14H,7-13H2,1-2H3,(H2,25,29). The van der Waals surface area contributed by atoms with Crippen LogP contribution in [0, 0.1) is 0 Å². The van der Waals surface area contributed by atoms with Gasteiger partial charge in [-0.15, -0.1) is 11.3 Å². The third-order valence-electron chi connectivity index (χ3n) is 5.13. The lowest BCUT2D eigenvalue weighted by Gasteiger charge is -2.26. The van der Waals surface area contributed by atoms with Crippen LogP contribution in [0.5, 0.6) is 0 Å². The number of rotatable bonds is 9. The van der Waals surface area contributed by atoms with E-state index in [1.165, 1.54) is 11.3 Å². The molecule has 0 unspecified atom stereocenters. The van der Waals surface area contributed by atoms with Crippen molar-refractivity contribution in [2.24, 2.45) is 5.73 Å². The minimum atomic E-state index is -0.485. The molecule has 0 fully saturated rings. The van der Waals surface area contributed by atoms with Crippen molar-refractivity contribution in [3.63, 3.8) is 0 Å². The molecule has 0 saturated heterocycles. The lowest BCUT2D eigenvalue weighted by Crippen LogP contribution is -2.33. The molecule has 0 saturated carbocycles. The number of hydrogen-bond donors (Lipinski definition) is 1. The molecule has 2 aromatic rings. The third-order valence-corrected chi connectivity index (χ3v) is 6.60. The predicted molar refractivity (Wildman–Crippen MR) is 122 cm³/mol. The number of hydrogen-bond acceptors (Lipinski definition) is 6. The SMILES string of the molecule is CC(C)OC(=O)CCN1CCc2c(sc(CC(=O)Cc3ccc(Cl)cc3)c2C(N)=O)C1. The Morgan fingerprint density at radius 2 is 1.90 bits per heavy atom. The van der Waals surface area contributed by atoms with Gasteiger partial charge in [-0.3, -0.25) is 19.3 Å². The molecule has 2 N–H and O–H groups in total. The first-order chi connectivity index (χ1) is 14.7. The molecular formula is C23H27ClN2O4S. The maximum atomic E-state index is 12.6. The number of primary amides is 1. The van der Waals surface area contributed by atoms with Gasteiger partial charge in [0, 0.05) is 47.3 Å². The van der Waals surface area contributed by atoms with Crippen molar-refractivity contribution in [3.8, 4) is 0 Å². The Kier molecular flexibility index (Phi) is 7.86. The van der Waals surface area contributed by atoms with Gasteiger partial charge in [0.15, 0.2) is 0 Å². The second-order valence-electron chi connectivity index (χ2n) is 8.00. The molecule has 1 aliphatic heterocycles. The highest BCUT2D eigenvalue weighted by Crippen LogP contribution is 2.34. The third kappa shape index (κ3) is 6.38. The van der Waals surface area contributed by atoms with Gasteiger partial charge in [-0.2, -0.15) is 0 Å². The molecule has 0 radical (unpaired) electrons. The summed E-state index contributed by atoms with van der Waals surface area (Å²) in [4.78, 5) is 40.6. The fraction of sp³-hybridized carbons (Fsp3) is 0.435. The molecule has 3 rings (SSSR count). The summed E-state index contributed by atoms with van der Waals surface area (Å²) in [6.07, 6.45) is 1.34. The number of carbonyl (C=O) groups is 3. The molecule has 6 nitrogen and oxygen atoms in total. The Bertz CT molecular complexity index is 969. The number of Topliss-reactive ketones (excluding diaryl/α,β-unsaturated/α-hetero) is 1. The van der Waals surface area contributed by atoms with Crippen LogP contribution in [0.15, 0.2) is 24.3 Å². The number of esters is 1. The lowest BCUT2D eigenvalue weighted by atomic mass is 9.98. The second kappa shape index (κ2) is 10.4. The summed E-state index contributed by atoms with van der Waals surface area (Å²) in [6.45, 7) is 5.63. The normalized spacial score (nSPS) is 13.8. The highest BCUT2D eigenvalue weighted by Gasteiger charge is 2.28. The highest BCUT2D eigenvalue weighted by atomic mass is 35.5. The van der Waals surface area contributed by atoms with Crippen LogP contribution in [0.25, 0.3) is 0 Å². The number of fused-ring (bicyclic) bond motifs is 1. The quantitative estimate of drug-likeness (QED) is 0.575. The minimum absolute atomic E-state index is 0.0247. The van der Waals surface area contributed by atoms with Gasteiger partial charge in [0.05, 0.1) is 18.1 Å². The number of benzene rings is 1. The number of thiophene rings is 1. The summed E-state index contributed by atoms with van der Waals surface area (Å²) < 4.78 is 5.20. The Balaban J connectivity index is 1.67. The van der Waals surface area contributed by atoms with Crippen LogP contribution < -0.4 is 5.73 Å². The molecule has 166 valence electrons. The van der Waals surface area contributed by atoms with Crippen LogP contribution in [0.4, 0.5) is 0 Å². The average molecular weight is 463 g/mol. The topological polar surface area (TPSA) is 89.7 Å². The van der Waals surface area contributed by atoms with E-state index < -0.39 is 5.91 Å². The van der Waals surface area contributed by atoms with Crippen molar-refractivity contribution < 1.29 is 19.1 Å². The predicted octanol–water partition coefficient (Wildman–Crippen LogP) is 3.55. The van der Waals surface area contributed by atoms with Gasteiger partial charge in [-0.25, -0.2) is 0 Å². The number of ketones is 1. The molecule has 1 amide bonds. The zero-order valence-corrected chi connectivity index (χ0v) is 19.4. The first kappa shape index (κ1) is 23.4. The summed E-state index contributed by atoms with van der Waals surface area (Å²) in [5.41, 5.74) is 8.01. The van der Waals surface area contributed by atoms with E-state index in [0.717, 1.165) is 27.4 Å². The van der Waals surface area contributed by atoms with Crippen molar-refractivity contribution in [2.75, 3.05) is 13.1 Å². The highest BCUT2D eigenvalue weighted by molar-refractivity contribution is 7.12. The number of halogens is 1. The van der Waals surface area contributed by atoms with Gasteiger partial charge >= 0.3 is 5.97 Å². The van der Waals surface area contributed by atoms with E-state index in [2.05, 4.69) is 4.90 Å². The van der Waals surface area contributed by atoms with Crippen LogP contribution >= 0.6 is 22.9 Å². The van der Waals surface area contributed by atoms with E-state index >= 15 is 0 Å². The molecule has 1 aromatic heterocycles. The van der Waals surface area contributed by atoms with Gasteiger partial charge in [-0.05, 0) is 43.5 Å². The Morgan fingerprint density at radius 1 is 1.19 bits per heavy atom. The van der Waals surface area contributed by atoms with E-state index in [9.17, 15) is 14.4 Å². The summed E-state index contributed by atoms with van der Waals surface area (Å²) >= 11 is 7.38. The van der Waals surface area contributed by atoms with Crippen LogP contribution in [0.1, 0.15) is 51.5 Å². The molecule has 0 atom stereocenters. The Hall–Kier alpha value is -2.22. The number of carbonyl (C=O) groups excluding carboxylic acids is 3. The molecule has 0 bridgehead atoms. The fourth-order valence-corrected chi connectivity index (χ4v) is 5.31. The number of nitrogens with two attached hydrogens (primary N) is 1. The largest absolute Gasteiger partial charge is 0.463 e. The van der Waals surface area contributed by atoms with E-state index in [1.807, 2.05) is 26.0 Å². The number of ether oxygens (including phenoxy) is 1. The van der Waals surface area contributed by atoms with Gasteiger partial charge in [0.2, 0.25) is 5.91 Å². The summed E-state index contributed by atoms with van der Waals surface area (Å²) in [7, 11) is 0. The molecule has 0 aliphatic carbocycles. The fourth-order valence-electron chi connectivity index (χ4n) is 3.76. The zero-order chi connectivity index (χ0) is 22.5. The Morgan fingerprint density at radius 3 is 2.55 bits per heavy atom. The summed E-state index contributed by atoms with van der Waals surface area (Å²) in [6, 6.07) is 7.18. The van der Waals surface area contributed by atoms with Crippen molar-refractivity contribution in [1.82, 2.24) is 4.90 Å². The van der Waals surface area contributed by atoms with Crippen molar-refractivity contribution >= 4 is 40.6 Å². The minimum Gasteiger partial charge on any atom is -0.463 e. The maximum Gasteiger partial charge on any atom is 0.307 e. The van der Waals surface area contributed by atoms with Crippen molar-refractivity contribution in [1.29, 1.82) is 0 Å². The molecular weight excluding hydrogens is 436 g/mol. The first-order valence-electron chi connectivity index (χ1n) is 10.3. The number of amides is 1. The average Bonchev–Trinajstić information content (AvgIpc) is 3.04. The van der Waals surface area contributed by atoms with Crippen LogP contribution in [-0.2, 0) is 40.1 Å². The first-order valence-corrected chi connectivity index (χ1v) is 11.5. The van der Waals surface area contributed by atoms with Gasteiger partial charge < -0.3 is 10.5 Å². The summed E-state index contributed by atoms with van der Waals surface area (Å²) in [5.74, 6) is -0.671. The monoisotopic (exact) mass is 462 g/mol. The van der Waals surface area contributed by atoms with Crippen molar-refractivity contribution in [3.05, 3.63) is 55.7 Å². The molecule has 31 heavy (non-hydrogen) atoms. The van der Waals surface area contributed by atoms with Crippen LogP contribution in [0.3, 0.4) is 0 Å². The van der Waals surface area contributed by atoms with Crippen molar-refractivity contribution in [2.45, 2.75) is 52.2 Å². The maximum absolute atomic E-state index is 12.6. The molecule has 1 aromatic carbocycles. The molecule has 1 aliphatic rings. The summed E-state index contributed by atoms with van der Waals surface area (Å²) in [5, 5.41) is 0.625. The van der Waals surface area contributed by atoms with E-state index in [4.69, 9.17) is 22.1 Å². The van der Waals surface area contributed by atoms with E-state index in [1.54, 1.807) is 12.1 Å². The molecule has 2 heterocycles. The van der Waals surface area contributed by atoms with E-state index in [0.29, 0.717) is 36.5 Å².